The third kappa shape index (κ3) is 3.32. The minimum atomic E-state index is -0.131. The minimum Gasteiger partial charge on any atom is -0.485 e. The molecule has 0 aliphatic rings. The molecular weight excluding hydrogens is 230 g/mol. The van der Waals surface area contributed by atoms with Crippen molar-refractivity contribution >= 4 is 0 Å². The smallest absolute Gasteiger partial charge is 0.228 e. The van der Waals surface area contributed by atoms with E-state index in [2.05, 4.69) is 16.2 Å². The number of rotatable bonds is 5. The molecule has 1 unspecified atom stereocenters. The Hall–Kier alpha value is -2.35. The number of hydrogen-bond acceptors (Lipinski definition) is 5. The van der Waals surface area contributed by atoms with Gasteiger partial charge >= 0.3 is 0 Å². The highest BCUT2D eigenvalue weighted by Crippen LogP contribution is 2.11. The maximum atomic E-state index is 8.69. The molecule has 0 bridgehead atoms. The van der Waals surface area contributed by atoms with Gasteiger partial charge in [0.15, 0.2) is 6.61 Å². The van der Waals surface area contributed by atoms with E-state index in [0.29, 0.717) is 18.1 Å². The average Bonchev–Trinajstić information content (AvgIpc) is 2.85. The number of nitrogens with zero attached hydrogens (tertiary/aromatic N) is 3. The van der Waals surface area contributed by atoms with E-state index in [-0.39, 0.29) is 12.5 Å². The zero-order valence-corrected chi connectivity index (χ0v) is 10.0. The predicted molar refractivity (Wildman–Crippen MR) is 63.6 cm³/mol. The third-order valence-corrected chi connectivity index (χ3v) is 2.32. The molecule has 0 fully saturated rings. The molecule has 0 N–H and O–H groups in total. The largest absolute Gasteiger partial charge is 0.485 e. The first kappa shape index (κ1) is 12.1. The van der Waals surface area contributed by atoms with Crippen LogP contribution in [0.5, 0.6) is 5.75 Å². The molecule has 0 radical (unpaired) electrons. The van der Waals surface area contributed by atoms with Gasteiger partial charge in [-0.25, -0.2) is 0 Å². The lowest BCUT2D eigenvalue weighted by Gasteiger charge is -2.01. The fourth-order valence-corrected chi connectivity index (χ4v) is 1.40. The molecule has 0 saturated heterocycles. The molecule has 18 heavy (non-hydrogen) atoms. The van der Waals surface area contributed by atoms with E-state index in [0.717, 1.165) is 5.75 Å². The number of benzene rings is 1. The highest BCUT2D eigenvalue weighted by molar-refractivity contribution is 5.20. The van der Waals surface area contributed by atoms with Crippen molar-refractivity contribution in [1.29, 1.82) is 5.26 Å². The molecule has 0 aliphatic heterocycles. The van der Waals surface area contributed by atoms with Crippen LogP contribution in [0.1, 0.15) is 18.6 Å². The Labute approximate surface area is 105 Å². The van der Waals surface area contributed by atoms with Crippen LogP contribution in [-0.2, 0) is 13.0 Å². The summed E-state index contributed by atoms with van der Waals surface area (Å²) in [4.78, 5) is 4.16. The Morgan fingerprint density at radius 2 is 2.17 bits per heavy atom. The van der Waals surface area contributed by atoms with Gasteiger partial charge in [-0.3, -0.25) is 0 Å². The van der Waals surface area contributed by atoms with Gasteiger partial charge < -0.3 is 9.26 Å². The van der Waals surface area contributed by atoms with Gasteiger partial charge in [0.05, 0.1) is 12.0 Å². The van der Waals surface area contributed by atoms with Crippen molar-refractivity contribution in [3.8, 4) is 11.8 Å². The van der Waals surface area contributed by atoms with Crippen molar-refractivity contribution in [2.45, 2.75) is 20.0 Å². The molecule has 0 amide bonds. The Kier molecular flexibility index (Phi) is 3.92. The van der Waals surface area contributed by atoms with Crippen LogP contribution in [0, 0.1) is 17.2 Å². The van der Waals surface area contributed by atoms with Gasteiger partial charge in [0, 0.05) is 6.42 Å². The molecule has 1 atom stereocenters. The lowest BCUT2D eigenvalue weighted by molar-refractivity contribution is 0.284. The number of aromatic nitrogens is 2. The van der Waals surface area contributed by atoms with Gasteiger partial charge in [0.25, 0.3) is 0 Å². The van der Waals surface area contributed by atoms with Crippen LogP contribution in [0.25, 0.3) is 0 Å². The molecule has 0 spiro atoms. The molecule has 1 aromatic heterocycles. The summed E-state index contributed by atoms with van der Waals surface area (Å²) in [6.07, 6.45) is 0.467. The van der Waals surface area contributed by atoms with E-state index in [1.165, 1.54) is 0 Å². The predicted octanol–water partition coefficient (Wildman–Crippen LogP) is 2.35. The van der Waals surface area contributed by atoms with E-state index in [1.807, 2.05) is 37.3 Å². The third-order valence-electron chi connectivity index (χ3n) is 2.32. The summed E-state index contributed by atoms with van der Waals surface area (Å²) in [7, 11) is 0. The SMILES string of the molecule is CC(C#N)Cc1nc(COc2ccccc2)no1. The van der Waals surface area contributed by atoms with Crippen LogP contribution in [0.15, 0.2) is 34.9 Å². The normalized spacial score (nSPS) is 11.8. The first-order valence-corrected chi connectivity index (χ1v) is 5.67. The van der Waals surface area contributed by atoms with Gasteiger partial charge in [-0.2, -0.15) is 10.2 Å². The fourth-order valence-electron chi connectivity index (χ4n) is 1.40. The molecule has 2 aromatic rings. The average molecular weight is 243 g/mol. The molecule has 0 saturated carbocycles. The second-order valence-electron chi connectivity index (χ2n) is 3.94. The van der Waals surface area contributed by atoms with Crippen LogP contribution >= 0.6 is 0 Å². The summed E-state index contributed by atoms with van der Waals surface area (Å²) in [5.41, 5.74) is 0. The van der Waals surface area contributed by atoms with Gasteiger partial charge in [-0.1, -0.05) is 23.4 Å². The van der Waals surface area contributed by atoms with E-state index in [4.69, 9.17) is 14.5 Å². The summed E-state index contributed by atoms with van der Waals surface area (Å²) in [6.45, 7) is 2.07. The second-order valence-corrected chi connectivity index (χ2v) is 3.94. The van der Waals surface area contributed by atoms with Gasteiger partial charge in [0.1, 0.15) is 5.75 Å². The Bertz CT molecular complexity index is 531. The lowest BCUT2D eigenvalue weighted by Crippen LogP contribution is -1.99. The van der Waals surface area contributed by atoms with Crippen LogP contribution in [-0.4, -0.2) is 10.1 Å². The number of ether oxygens (including phenoxy) is 1. The molecule has 2 rings (SSSR count). The van der Waals surface area contributed by atoms with Gasteiger partial charge in [0.2, 0.25) is 11.7 Å². The highest BCUT2D eigenvalue weighted by atomic mass is 16.5. The molecule has 1 aromatic carbocycles. The van der Waals surface area contributed by atoms with E-state index >= 15 is 0 Å². The lowest BCUT2D eigenvalue weighted by atomic mass is 10.1. The quantitative estimate of drug-likeness (QED) is 0.806. The summed E-state index contributed by atoms with van der Waals surface area (Å²) < 4.78 is 10.5. The zero-order chi connectivity index (χ0) is 12.8. The molecule has 92 valence electrons. The molecular formula is C13H13N3O2. The number of hydrogen-bond donors (Lipinski definition) is 0. The number of para-hydroxylation sites is 1. The van der Waals surface area contributed by atoms with Crippen molar-refractivity contribution in [1.82, 2.24) is 10.1 Å². The van der Waals surface area contributed by atoms with Gasteiger partial charge in [-0.05, 0) is 19.1 Å². The maximum Gasteiger partial charge on any atom is 0.228 e. The molecule has 1 heterocycles. The van der Waals surface area contributed by atoms with Gasteiger partial charge in [-0.15, -0.1) is 0 Å². The van der Waals surface area contributed by atoms with E-state index in [9.17, 15) is 0 Å². The Morgan fingerprint density at radius 3 is 2.89 bits per heavy atom. The van der Waals surface area contributed by atoms with Crippen LogP contribution < -0.4 is 4.74 Å². The van der Waals surface area contributed by atoms with Crippen LogP contribution in [0.2, 0.25) is 0 Å². The van der Waals surface area contributed by atoms with Crippen molar-refractivity contribution in [2.24, 2.45) is 5.92 Å². The Morgan fingerprint density at radius 1 is 1.39 bits per heavy atom. The zero-order valence-electron chi connectivity index (χ0n) is 10.0. The van der Waals surface area contributed by atoms with E-state index in [1.54, 1.807) is 0 Å². The van der Waals surface area contributed by atoms with Crippen molar-refractivity contribution in [3.05, 3.63) is 42.0 Å². The molecule has 0 aliphatic carbocycles. The Balaban J connectivity index is 1.89. The first-order chi connectivity index (χ1) is 8.78. The van der Waals surface area contributed by atoms with Crippen molar-refractivity contribution in [2.75, 3.05) is 0 Å². The minimum absolute atomic E-state index is 0.131. The standard InChI is InChI=1S/C13H13N3O2/c1-10(8-14)7-13-15-12(16-18-13)9-17-11-5-3-2-4-6-11/h2-6,10H,7,9H2,1H3. The van der Waals surface area contributed by atoms with Crippen molar-refractivity contribution in [3.63, 3.8) is 0 Å². The maximum absolute atomic E-state index is 8.69. The van der Waals surface area contributed by atoms with Crippen LogP contribution in [0.3, 0.4) is 0 Å². The number of nitriles is 1. The van der Waals surface area contributed by atoms with Crippen LogP contribution in [0.4, 0.5) is 0 Å². The summed E-state index contributed by atoms with van der Waals surface area (Å²) >= 11 is 0. The summed E-state index contributed by atoms with van der Waals surface area (Å²) in [5, 5.41) is 12.5. The first-order valence-electron chi connectivity index (χ1n) is 5.67. The second kappa shape index (κ2) is 5.82. The molecule has 5 heteroatoms. The summed E-state index contributed by atoms with van der Waals surface area (Å²) in [5.74, 6) is 1.58. The monoisotopic (exact) mass is 243 g/mol. The highest BCUT2D eigenvalue weighted by Gasteiger charge is 2.10. The van der Waals surface area contributed by atoms with E-state index < -0.39 is 0 Å². The fraction of sp³-hybridized carbons (Fsp3) is 0.308. The van der Waals surface area contributed by atoms with Crippen molar-refractivity contribution < 1.29 is 9.26 Å². The molecule has 5 nitrogen and oxygen atoms in total. The topological polar surface area (TPSA) is 71.9 Å². The summed E-state index contributed by atoms with van der Waals surface area (Å²) in [6, 6.07) is 11.5.